The van der Waals surface area contributed by atoms with Crippen LogP contribution in [0.25, 0.3) is 0 Å². The summed E-state index contributed by atoms with van der Waals surface area (Å²) < 4.78 is 0. The molecule has 1 amide bonds. The average Bonchev–Trinajstić information content (AvgIpc) is 2.27. The molecule has 3 N–H and O–H groups in total. The lowest BCUT2D eigenvalue weighted by atomic mass is 10.1. The third-order valence-corrected chi connectivity index (χ3v) is 2.67. The fraction of sp³-hybridized carbons (Fsp3) is 0.500. The number of anilines is 1. The minimum absolute atomic E-state index is 0.0284. The van der Waals surface area contributed by atoms with E-state index >= 15 is 0 Å². The number of nitrogens with one attached hydrogen (secondary N) is 1. The second-order valence-electron chi connectivity index (χ2n) is 4.89. The maximum absolute atomic E-state index is 11.6. The van der Waals surface area contributed by atoms with Gasteiger partial charge in [-0.2, -0.15) is 0 Å². The van der Waals surface area contributed by atoms with Crippen LogP contribution in [0.4, 0.5) is 5.69 Å². The van der Waals surface area contributed by atoms with Crippen LogP contribution in [0.15, 0.2) is 24.3 Å². The highest BCUT2D eigenvalue weighted by atomic mass is 16.1. The van der Waals surface area contributed by atoms with Crippen molar-refractivity contribution < 1.29 is 4.79 Å². The van der Waals surface area contributed by atoms with Crippen molar-refractivity contribution in [1.29, 1.82) is 0 Å². The van der Waals surface area contributed by atoms with E-state index in [2.05, 4.69) is 19.2 Å². The predicted molar refractivity (Wildman–Crippen MR) is 71.7 cm³/mol. The van der Waals surface area contributed by atoms with E-state index in [0.29, 0.717) is 12.3 Å². The molecule has 3 heteroatoms. The summed E-state index contributed by atoms with van der Waals surface area (Å²) in [5.74, 6) is 0.633. The summed E-state index contributed by atoms with van der Waals surface area (Å²) in [7, 11) is 0. The van der Waals surface area contributed by atoms with E-state index in [1.807, 2.05) is 31.2 Å². The number of nitrogens with two attached hydrogens (primary N) is 1. The molecular formula is C14H22N2O. The summed E-state index contributed by atoms with van der Waals surface area (Å²) in [6.45, 7) is 6.17. The molecule has 1 aromatic carbocycles. The van der Waals surface area contributed by atoms with Gasteiger partial charge in [-0.15, -0.1) is 0 Å². The fourth-order valence-electron chi connectivity index (χ4n) is 1.51. The molecule has 0 fully saturated rings. The van der Waals surface area contributed by atoms with Crippen molar-refractivity contribution in [1.82, 2.24) is 0 Å². The van der Waals surface area contributed by atoms with Gasteiger partial charge < -0.3 is 11.1 Å². The summed E-state index contributed by atoms with van der Waals surface area (Å²) in [5, 5.41) is 2.88. The van der Waals surface area contributed by atoms with E-state index in [-0.39, 0.29) is 11.9 Å². The highest BCUT2D eigenvalue weighted by Gasteiger charge is 2.04. The maximum Gasteiger partial charge on any atom is 0.224 e. The number of hydrogen-bond donors (Lipinski definition) is 2. The third kappa shape index (κ3) is 5.00. The Morgan fingerprint density at radius 3 is 2.29 bits per heavy atom. The molecule has 0 aliphatic carbocycles. The van der Waals surface area contributed by atoms with Crippen LogP contribution < -0.4 is 11.1 Å². The number of carbonyl (C=O) groups excluding carboxylic acids is 1. The topological polar surface area (TPSA) is 55.1 Å². The molecule has 0 spiro atoms. The molecule has 3 nitrogen and oxygen atoms in total. The van der Waals surface area contributed by atoms with Crippen molar-refractivity contribution in [2.45, 2.75) is 39.7 Å². The molecule has 0 saturated heterocycles. The average molecular weight is 234 g/mol. The zero-order chi connectivity index (χ0) is 12.8. The Bertz CT molecular complexity index is 355. The number of benzene rings is 1. The lowest BCUT2D eigenvalue weighted by Crippen LogP contribution is -2.12. The Balaban J connectivity index is 2.48. The first kappa shape index (κ1) is 13.7. The van der Waals surface area contributed by atoms with Gasteiger partial charge in [-0.25, -0.2) is 0 Å². The molecule has 0 bridgehead atoms. The molecule has 94 valence electrons. The van der Waals surface area contributed by atoms with Crippen molar-refractivity contribution in [3.63, 3.8) is 0 Å². The van der Waals surface area contributed by atoms with Crippen LogP contribution in [0.3, 0.4) is 0 Å². The zero-order valence-corrected chi connectivity index (χ0v) is 10.9. The Hall–Kier alpha value is -1.35. The minimum Gasteiger partial charge on any atom is -0.326 e. The Morgan fingerprint density at radius 1 is 1.24 bits per heavy atom. The van der Waals surface area contributed by atoms with E-state index in [9.17, 15) is 4.79 Å². The largest absolute Gasteiger partial charge is 0.326 e. The number of carbonyl (C=O) groups is 1. The summed E-state index contributed by atoms with van der Waals surface area (Å²) >= 11 is 0. The van der Waals surface area contributed by atoms with Crippen molar-refractivity contribution in [2.75, 3.05) is 5.32 Å². The predicted octanol–water partition coefficient (Wildman–Crippen LogP) is 3.08. The number of hydrogen-bond acceptors (Lipinski definition) is 2. The molecular weight excluding hydrogens is 212 g/mol. The highest BCUT2D eigenvalue weighted by Crippen LogP contribution is 2.14. The van der Waals surface area contributed by atoms with E-state index in [0.717, 1.165) is 17.7 Å². The smallest absolute Gasteiger partial charge is 0.224 e. The minimum atomic E-state index is 0.0284. The van der Waals surface area contributed by atoms with Gasteiger partial charge in [-0.1, -0.05) is 26.0 Å². The first-order chi connectivity index (χ1) is 7.99. The monoisotopic (exact) mass is 234 g/mol. The second kappa shape index (κ2) is 6.40. The van der Waals surface area contributed by atoms with Gasteiger partial charge in [0, 0.05) is 18.2 Å². The molecule has 0 radical (unpaired) electrons. The Morgan fingerprint density at radius 2 is 1.82 bits per heavy atom. The van der Waals surface area contributed by atoms with Gasteiger partial charge in [0.25, 0.3) is 0 Å². The molecule has 0 heterocycles. The van der Waals surface area contributed by atoms with Crippen molar-refractivity contribution in [3.05, 3.63) is 29.8 Å². The molecule has 17 heavy (non-hydrogen) atoms. The first-order valence-electron chi connectivity index (χ1n) is 6.14. The van der Waals surface area contributed by atoms with Gasteiger partial charge in [-0.05, 0) is 37.0 Å². The summed E-state index contributed by atoms with van der Waals surface area (Å²) in [6.07, 6.45) is 1.50. The van der Waals surface area contributed by atoms with Crippen molar-refractivity contribution in [2.24, 2.45) is 11.7 Å². The van der Waals surface area contributed by atoms with Crippen molar-refractivity contribution in [3.8, 4) is 0 Å². The number of rotatable bonds is 5. The number of amides is 1. The van der Waals surface area contributed by atoms with Gasteiger partial charge in [0.15, 0.2) is 0 Å². The van der Waals surface area contributed by atoms with Crippen LogP contribution in [0.5, 0.6) is 0 Å². The lowest BCUT2D eigenvalue weighted by molar-refractivity contribution is -0.116. The van der Waals surface area contributed by atoms with Gasteiger partial charge in [0.05, 0.1) is 0 Å². The van der Waals surface area contributed by atoms with Crippen LogP contribution in [-0.2, 0) is 4.79 Å². The van der Waals surface area contributed by atoms with Crippen LogP contribution in [-0.4, -0.2) is 5.91 Å². The van der Waals surface area contributed by atoms with Crippen LogP contribution >= 0.6 is 0 Å². The molecule has 1 unspecified atom stereocenters. The molecule has 1 aromatic rings. The zero-order valence-electron chi connectivity index (χ0n) is 10.9. The maximum atomic E-state index is 11.6. The van der Waals surface area contributed by atoms with Crippen LogP contribution in [0.2, 0.25) is 0 Å². The van der Waals surface area contributed by atoms with Gasteiger partial charge in [0.1, 0.15) is 0 Å². The standard InChI is InChI=1S/C14H22N2O/c1-10(2)4-9-14(17)16-13-7-5-12(6-8-13)11(3)15/h5-8,10-11H,4,9,15H2,1-3H3,(H,16,17). The SMILES string of the molecule is CC(C)CCC(=O)Nc1ccc(C(C)N)cc1. The molecule has 0 saturated carbocycles. The summed E-state index contributed by atoms with van der Waals surface area (Å²) in [5.41, 5.74) is 7.67. The van der Waals surface area contributed by atoms with Gasteiger partial charge >= 0.3 is 0 Å². The van der Waals surface area contributed by atoms with Crippen LogP contribution in [0.1, 0.15) is 45.2 Å². The van der Waals surface area contributed by atoms with Gasteiger partial charge in [-0.3, -0.25) is 4.79 Å². The molecule has 1 rings (SSSR count). The molecule has 1 atom stereocenters. The highest BCUT2D eigenvalue weighted by molar-refractivity contribution is 5.90. The van der Waals surface area contributed by atoms with E-state index in [1.54, 1.807) is 0 Å². The Labute approximate surface area is 103 Å². The van der Waals surface area contributed by atoms with E-state index < -0.39 is 0 Å². The molecule has 0 aliphatic rings. The lowest BCUT2D eigenvalue weighted by Gasteiger charge is -2.09. The summed E-state index contributed by atoms with van der Waals surface area (Å²) in [6, 6.07) is 7.71. The first-order valence-corrected chi connectivity index (χ1v) is 6.14. The molecule has 0 aliphatic heterocycles. The van der Waals surface area contributed by atoms with Crippen LogP contribution in [0, 0.1) is 5.92 Å². The Kier molecular flexibility index (Phi) is 5.16. The van der Waals surface area contributed by atoms with E-state index in [4.69, 9.17) is 5.73 Å². The normalized spacial score (nSPS) is 12.5. The van der Waals surface area contributed by atoms with Crippen molar-refractivity contribution >= 4 is 11.6 Å². The fourth-order valence-corrected chi connectivity index (χ4v) is 1.51. The van der Waals surface area contributed by atoms with Gasteiger partial charge in [0.2, 0.25) is 5.91 Å². The molecule has 0 aromatic heterocycles. The third-order valence-electron chi connectivity index (χ3n) is 2.67. The quantitative estimate of drug-likeness (QED) is 0.822. The second-order valence-corrected chi connectivity index (χ2v) is 4.89. The summed E-state index contributed by atoms with van der Waals surface area (Å²) in [4.78, 5) is 11.6. The van der Waals surface area contributed by atoms with E-state index in [1.165, 1.54) is 0 Å².